The fraction of sp³-hybridized carbons (Fsp3) is 0.429. The molecule has 0 aromatic rings. The van der Waals surface area contributed by atoms with Crippen LogP contribution in [0.25, 0.3) is 0 Å². The topological polar surface area (TPSA) is 125 Å². The number of aliphatic hydroxyl groups excluding tert-OH is 1. The second-order valence-corrected chi connectivity index (χ2v) is 2.65. The number of hydrogen-bond donors (Lipinski definition) is 4. The summed E-state index contributed by atoms with van der Waals surface area (Å²) in [7, 11) is 0. The summed E-state index contributed by atoms with van der Waals surface area (Å²) >= 11 is 0. The SMILES string of the molecule is C[C@@H](O)CC(=O)NC(=O)NC(=O)NC=O. The summed E-state index contributed by atoms with van der Waals surface area (Å²) in [6.45, 7) is 1.37. The molecule has 0 radical (unpaired) electrons. The molecule has 0 aromatic heterocycles. The number of nitrogens with one attached hydrogen (secondary N) is 3. The number of rotatable bonds is 3. The molecule has 8 heteroatoms. The smallest absolute Gasteiger partial charge is 0.329 e. The van der Waals surface area contributed by atoms with Crippen LogP contribution in [0.2, 0.25) is 0 Å². The summed E-state index contributed by atoms with van der Waals surface area (Å²) in [6, 6.07) is -2.12. The molecule has 0 aliphatic heterocycles. The maximum absolute atomic E-state index is 10.9. The molecule has 0 aliphatic rings. The summed E-state index contributed by atoms with van der Waals surface area (Å²) in [6.07, 6.45) is -1.07. The van der Waals surface area contributed by atoms with E-state index in [2.05, 4.69) is 0 Å². The van der Waals surface area contributed by atoms with Gasteiger partial charge in [-0.3, -0.25) is 25.5 Å². The van der Waals surface area contributed by atoms with Crippen LogP contribution in [0.4, 0.5) is 9.59 Å². The van der Waals surface area contributed by atoms with Gasteiger partial charge in [-0.1, -0.05) is 0 Å². The van der Waals surface area contributed by atoms with E-state index < -0.39 is 24.1 Å². The largest absolute Gasteiger partial charge is 0.393 e. The van der Waals surface area contributed by atoms with Crippen LogP contribution in [0.3, 0.4) is 0 Å². The van der Waals surface area contributed by atoms with E-state index in [1.165, 1.54) is 6.92 Å². The number of hydrogen-bond acceptors (Lipinski definition) is 5. The van der Waals surface area contributed by atoms with Crippen molar-refractivity contribution in [2.75, 3.05) is 0 Å². The van der Waals surface area contributed by atoms with Gasteiger partial charge < -0.3 is 5.11 Å². The standard InChI is InChI=1S/C7H11N3O5/c1-4(12)2-5(13)9-7(15)10-6(14)8-3-11/h3-4,12H,2H2,1H3,(H3,8,9,10,11,13,14,15)/t4-/m1/s1. The summed E-state index contributed by atoms with van der Waals surface area (Å²) < 4.78 is 0. The summed E-state index contributed by atoms with van der Waals surface area (Å²) in [4.78, 5) is 42.0. The average Bonchev–Trinajstić information content (AvgIpc) is 2.00. The Kier molecular flexibility index (Phi) is 5.64. The molecule has 0 rings (SSSR count). The Labute approximate surface area is 85.0 Å². The van der Waals surface area contributed by atoms with Crippen molar-refractivity contribution in [3.63, 3.8) is 0 Å². The molecule has 6 amide bonds. The second kappa shape index (κ2) is 6.49. The number of carbonyl (C=O) groups excluding carboxylic acids is 4. The van der Waals surface area contributed by atoms with Gasteiger partial charge in [-0.15, -0.1) is 0 Å². The van der Waals surface area contributed by atoms with Crippen molar-refractivity contribution in [3.05, 3.63) is 0 Å². The van der Waals surface area contributed by atoms with Crippen LogP contribution in [0, 0.1) is 0 Å². The minimum atomic E-state index is -1.07. The summed E-state index contributed by atoms with van der Waals surface area (Å²) in [5, 5.41) is 13.8. The van der Waals surface area contributed by atoms with Crippen LogP contribution in [0.15, 0.2) is 0 Å². The molecule has 0 fully saturated rings. The predicted molar refractivity (Wildman–Crippen MR) is 47.6 cm³/mol. The third kappa shape index (κ3) is 7.14. The van der Waals surface area contributed by atoms with Crippen LogP contribution >= 0.6 is 0 Å². The van der Waals surface area contributed by atoms with Crippen LogP contribution in [0.1, 0.15) is 13.3 Å². The van der Waals surface area contributed by atoms with Crippen LogP contribution in [-0.4, -0.2) is 35.6 Å². The fourth-order valence-electron chi connectivity index (χ4n) is 0.670. The van der Waals surface area contributed by atoms with Crippen LogP contribution in [-0.2, 0) is 9.59 Å². The molecule has 0 bridgehead atoms. The van der Waals surface area contributed by atoms with Crippen molar-refractivity contribution >= 4 is 24.4 Å². The molecule has 0 spiro atoms. The van der Waals surface area contributed by atoms with Crippen molar-refractivity contribution in [1.29, 1.82) is 0 Å². The van der Waals surface area contributed by atoms with Gasteiger partial charge in [0.05, 0.1) is 12.5 Å². The normalized spacial score (nSPS) is 11.1. The first-order valence-electron chi connectivity index (χ1n) is 3.98. The molecule has 0 saturated carbocycles. The lowest BCUT2D eigenvalue weighted by Gasteiger charge is -2.05. The predicted octanol–water partition coefficient (Wildman–Crippen LogP) is -1.55. The Balaban J connectivity index is 3.88. The average molecular weight is 217 g/mol. The Morgan fingerprint density at radius 2 is 1.87 bits per heavy atom. The third-order valence-corrected chi connectivity index (χ3v) is 1.15. The van der Waals surface area contributed by atoms with E-state index in [-0.39, 0.29) is 12.8 Å². The lowest BCUT2D eigenvalue weighted by molar-refractivity contribution is -0.121. The molecular formula is C7H11N3O5. The van der Waals surface area contributed by atoms with Gasteiger partial charge in [-0.05, 0) is 6.92 Å². The molecule has 4 N–H and O–H groups in total. The minimum Gasteiger partial charge on any atom is -0.393 e. The zero-order valence-electron chi connectivity index (χ0n) is 7.94. The molecule has 0 saturated heterocycles. The van der Waals surface area contributed by atoms with Gasteiger partial charge in [-0.2, -0.15) is 0 Å². The van der Waals surface area contributed by atoms with Gasteiger partial charge in [0.2, 0.25) is 12.3 Å². The van der Waals surface area contributed by atoms with E-state index >= 15 is 0 Å². The molecule has 0 unspecified atom stereocenters. The van der Waals surface area contributed by atoms with Gasteiger partial charge in [0.15, 0.2) is 0 Å². The Bertz CT molecular complexity index is 276. The van der Waals surface area contributed by atoms with E-state index in [1.54, 1.807) is 16.0 Å². The van der Waals surface area contributed by atoms with Crippen molar-refractivity contribution < 1.29 is 24.3 Å². The van der Waals surface area contributed by atoms with E-state index in [9.17, 15) is 19.2 Å². The highest BCUT2D eigenvalue weighted by Crippen LogP contribution is 1.87. The van der Waals surface area contributed by atoms with Gasteiger partial charge in [0, 0.05) is 0 Å². The first-order chi connectivity index (χ1) is 6.95. The Morgan fingerprint density at radius 1 is 1.27 bits per heavy atom. The van der Waals surface area contributed by atoms with Crippen molar-refractivity contribution in [1.82, 2.24) is 16.0 Å². The fourth-order valence-corrected chi connectivity index (χ4v) is 0.670. The summed E-state index contributed by atoms with van der Waals surface area (Å²) in [5.41, 5.74) is 0. The first-order valence-corrected chi connectivity index (χ1v) is 3.98. The monoisotopic (exact) mass is 217 g/mol. The van der Waals surface area contributed by atoms with E-state index in [4.69, 9.17) is 5.11 Å². The minimum absolute atomic E-state index is 0.0836. The Morgan fingerprint density at radius 3 is 2.33 bits per heavy atom. The number of amides is 6. The maximum Gasteiger partial charge on any atom is 0.329 e. The van der Waals surface area contributed by atoms with Crippen molar-refractivity contribution in [2.45, 2.75) is 19.4 Å². The lowest BCUT2D eigenvalue weighted by Crippen LogP contribution is -2.46. The second-order valence-electron chi connectivity index (χ2n) is 2.65. The van der Waals surface area contributed by atoms with Crippen molar-refractivity contribution in [3.8, 4) is 0 Å². The molecule has 0 aliphatic carbocycles. The van der Waals surface area contributed by atoms with Crippen LogP contribution in [0.5, 0.6) is 0 Å². The Hall–Kier alpha value is -1.96. The van der Waals surface area contributed by atoms with E-state index in [1.807, 2.05) is 0 Å². The van der Waals surface area contributed by atoms with Gasteiger partial charge in [-0.25, -0.2) is 9.59 Å². The number of imide groups is 3. The quantitative estimate of drug-likeness (QED) is 0.426. The zero-order valence-corrected chi connectivity index (χ0v) is 7.94. The van der Waals surface area contributed by atoms with E-state index in [0.717, 1.165) is 0 Å². The highest BCUT2D eigenvalue weighted by molar-refractivity contribution is 6.03. The van der Waals surface area contributed by atoms with E-state index in [0.29, 0.717) is 0 Å². The molecular weight excluding hydrogens is 206 g/mol. The molecule has 0 aromatic carbocycles. The number of aliphatic hydroxyl groups is 1. The van der Waals surface area contributed by atoms with Gasteiger partial charge in [0.25, 0.3) is 0 Å². The maximum atomic E-state index is 10.9. The molecule has 8 nitrogen and oxygen atoms in total. The molecule has 1 atom stereocenters. The van der Waals surface area contributed by atoms with Gasteiger partial charge in [0.1, 0.15) is 0 Å². The lowest BCUT2D eigenvalue weighted by atomic mass is 10.3. The van der Waals surface area contributed by atoms with Crippen LogP contribution < -0.4 is 16.0 Å². The zero-order chi connectivity index (χ0) is 11.8. The van der Waals surface area contributed by atoms with Gasteiger partial charge >= 0.3 is 12.1 Å². The third-order valence-electron chi connectivity index (χ3n) is 1.15. The highest BCUT2D eigenvalue weighted by Gasteiger charge is 2.12. The van der Waals surface area contributed by atoms with Crippen molar-refractivity contribution in [2.24, 2.45) is 0 Å². The highest BCUT2D eigenvalue weighted by atomic mass is 16.3. The summed E-state index contributed by atoms with van der Waals surface area (Å²) in [5.74, 6) is -0.735. The molecule has 0 heterocycles. The number of carbonyl (C=O) groups is 4. The molecule has 84 valence electrons. The number of urea groups is 2. The molecule has 15 heavy (non-hydrogen) atoms. The first kappa shape index (κ1) is 13.0.